The van der Waals surface area contributed by atoms with Gasteiger partial charge in [0.1, 0.15) is 5.82 Å². The maximum Gasteiger partial charge on any atom is 0.416 e. The quantitative estimate of drug-likeness (QED) is 0.367. The minimum Gasteiger partial charge on any atom is -0.381 e. The van der Waals surface area contributed by atoms with Crippen molar-refractivity contribution in [2.24, 2.45) is 10.9 Å². The summed E-state index contributed by atoms with van der Waals surface area (Å²) in [7, 11) is 0. The topological polar surface area (TPSA) is 76.7 Å². The summed E-state index contributed by atoms with van der Waals surface area (Å²) in [6, 6.07) is 9.14. The van der Waals surface area contributed by atoms with Crippen LogP contribution in [0.3, 0.4) is 0 Å². The number of carbonyl (C=O) groups is 1. The second-order valence-electron chi connectivity index (χ2n) is 5.30. The first-order chi connectivity index (χ1) is 12.2. The minimum absolute atomic E-state index is 0.0563. The number of oxime groups is 1. The first-order valence-corrected chi connectivity index (χ1v) is 7.40. The molecule has 3 N–H and O–H groups in total. The molecule has 26 heavy (non-hydrogen) atoms. The third-order valence-corrected chi connectivity index (χ3v) is 3.30. The fraction of sp³-hybridized carbons (Fsp3) is 0.176. The molecule has 0 saturated heterocycles. The van der Waals surface area contributed by atoms with Crippen LogP contribution in [0, 0.1) is 5.82 Å². The van der Waals surface area contributed by atoms with Gasteiger partial charge in [-0.15, -0.1) is 0 Å². The van der Waals surface area contributed by atoms with E-state index in [-0.39, 0.29) is 11.5 Å². The average Bonchev–Trinajstić information content (AvgIpc) is 2.59. The molecule has 5 nitrogen and oxygen atoms in total. The smallest absolute Gasteiger partial charge is 0.381 e. The number of halogens is 4. The summed E-state index contributed by atoms with van der Waals surface area (Å²) in [6.07, 6.45) is -5.51. The number of nitrogens with two attached hydrogens (primary N) is 1. The van der Waals surface area contributed by atoms with Crippen LogP contribution in [0.4, 0.5) is 23.2 Å². The number of anilines is 1. The molecule has 0 bridgehead atoms. The first-order valence-electron chi connectivity index (χ1n) is 7.40. The van der Waals surface area contributed by atoms with E-state index in [2.05, 4.69) is 10.5 Å². The molecule has 0 aliphatic heterocycles. The second-order valence-corrected chi connectivity index (χ2v) is 5.30. The second kappa shape index (κ2) is 7.85. The highest BCUT2D eigenvalue weighted by Crippen LogP contribution is 2.29. The van der Waals surface area contributed by atoms with Crippen molar-refractivity contribution >= 4 is 17.4 Å². The number of nitrogens with one attached hydrogen (secondary N) is 1. The standard InChI is InChI=1S/C17H15F4N3O2/c1-10(26-24-15(22)11-2-6-13(18)7-3-11)16(25)23-14-8-4-12(5-9-14)17(19,20)21/h2-10H,1H3,(H2,22,24)(H,23,25). The molecule has 9 heteroatoms. The SMILES string of the molecule is CC(ON=C(N)c1ccc(F)cc1)C(=O)Nc1ccc(C(F)(F)F)cc1. The van der Waals surface area contributed by atoms with E-state index in [0.29, 0.717) is 5.56 Å². The van der Waals surface area contributed by atoms with E-state index < -0.39 is 29.6 Å². The van der Waals surface area contributed by atoms with Crippen LogP contribution in [0.5, 0.6) is 0 Å². The van der Waals surface area contributed by atoms with Crippen molar-refractivity contribution in [1.82, 2.24) is 0 Å². The lowest BCUT2D eigenvalue weighted by atomic mass is 10.2. The Morgan fingerprint density at radius 2 is 1.69 bits per heavy atom. The van der Waals surface area contributed by atoms with Gasteiger partial charge in [-0.05, 0) is 55.5 Å². The number of hydrogen-bond acceptors (Lipinski definition) is 3. The molecule has 2 rings (SSSR count). The van der Waals surface area contributed by atoms with E-state index in [0.717, 1.165) is 24.3 Å². The van der Waals surface area contributed by atoms with E-state index in [9.17, 15) is 22.4 Å². The van der Waals surface area contributed by atoms with Gasteiger partial charge in [0.2, 0.25) is 6.10 Å². The molecule has 1 unspecified atom stereocenters. The third-order valence-electron chi connectivity index (χ3n) is 3.30. The molecular formula is C17H15F4N3O2. The summed E-state index contributed by atoms with van der Waals surface area (Å²) in [6.45, 7) is 1.39. The van der Waals surface area contributed by atoms with Gasteiger partial charge in [0.15, 0.2) is 5.84 Å². The van der Waals surface area contributed by atoms with E-state index in [4.69, 9.17) is 10.6 Å². The van der Waals surface area contributed by atoms with Gasteiger partial charge in [-0.1, -0.05) is 5.16 Å². The molecule has 0 aliphatic carbocycles. The summed E-state index contributed by atoms with van der Waals surface area (Å²) in [5.74, 6) is -1.12. The Kier molecular flexibility index (Phi) is 5.81. The number of carbonyl (C=O) groups excluding carboxylic acids is 1. The summed E-state index contributed by atoms with van der Waals surface area (Å²) in [5.41, 5.74) is 5.42. The largest absolute Gasteiger partial charge is 0.416 e. The summed E-state index contributed by atoms with van der Waals surface area (Å²) >= 11 is 0. The highest BCUT2D eigenvalue weighted by molar-refractivity contribution is 5.97. The molecule has 0 saturated carbocycles. The van der Waals surface area contributed by atoms with Crippen molar-refractivity contribution in [2.45, 2.75) is 19.2 Å². The Hall–Kier alpha value is -3.10. The number of benzene rings is 2. The molecule has 2 aromatic carbocycles. The molecule has 0 heterocycles. The van der Waals surface area contributed by atoms with E-state index in [1.54, 1.807) is 0 Å². The maximum atomic E-state index is 12.8. The maximum absolute atomic E-state index is 12.8. The number of amides is 1. The van der Waals surface area contributed by atoms with Gasteiger partial charge in [0.05, 0.1) is 5.56 Å². The molecule has 1 amide bonds. The van der Waals surface area contributed by atoms with E-state index >= 15 is 0 Å². The number of hydrogen-bond donors (Lipinski definition) is 2. The molecule has 0 spiro atoms. The van der Waals surface area contributed by atoms with Gasteiger partial charge in [0.25, 0.3) is 5.91 Å². The zero-order chi connectivity index (χ0) is 19.3. The molecule has 1 atom stereocenters. The van der Waals surface area contributed by atoms with Crippen LogP contribution in [0.15, 0.2) is 53.7 Å². The lowest BCUT2D eigenvalue weighted by molar-refractivity contribution is -0.137. The van der Waals surface area contributed by atoms with Crippen molar-refractivity contribution in [3.63, 3.8) is 0 Å². The monoisotopic (exact) mass is 369 g/mol. The average molecular weight is 369 g/mol. The van der Waals surface area contributed by atoms with Gasteiger partial charge < -0.3 is 15.9 Å². The zero-order valence-corrected chi connectivity index (χ0v) is 13.5. The predicted molar refractivity (Wildman–Crippen MR) is 87.7 cm³/mol. The van der Waals surface area contributed by atoms with Crippen molar-refractivity contribution in [1.29, 1.82) is 0 Å². The summed E-state index contributed by atoms with van der Waals surface area (Å²) < 4.78 is 50.3. The molecular weight excluding hydrogens is 354 g/mol. The van der Waals surface area contributed by atoms with Crippen LogP contribution in [-0.2, 0) is 15.8 Å². The molecule has 138 valence electrons. The van der Waals surface area contributed by atoms with E-state index in [1.165, 1.54) is 31.2 Å². The van der Waals surface area contributed by atoms with Gasteiger partial charge in [-0.3, -0.25) is 4.79 Å². The van der Waals surface area contributed by atoms with Gasteiger partial charge in [-0.2, -0.15) is 13.2 Å². The Bertz CT molecular complexity index is 787. The highest BCUT2D eigenvalue weighted by atomic mass is 19.4. The van der Waals surface area contributed by atoms with Crippen molar-refractivity contribution in [2.75, 3.05) is 5.32 Å². The molecule has 0 fully saturated rings. The lowest BCUT2D eigenvalue weighted by Crippen LogP contribution is -2.27. The molecule has 2 aromatic rings. The van der Waals surface area contributed by atoms with Crippen molar-refractivity contribution < 1.29 is 27.2 Å². The summed E-state index contributed by atoms with van der Waals surface area (Å²) in [5, 5.41) is 6.00. The fourth-order valence-electron chi connectivity index (χ4n) is 1.84. The van der Waals surface area contributed by atoms with Crippen LogP contribution in [0.1, 0.15) is 18.1 Å². The summed E-state index contributed by atoms with van der Waals surface area (Å²) in [4.78, 5) is 16.9. The highest BCUT2D eigenvalue weighted by Gasteiger charge is 2.30. The van der Waals surface area contributed by atoms with Crippen LogP contribution in [-0.4, -0.2) is 17.8 Å². The normalized spacial score (nSPS) is 13.2. The molecule has 0 aliphatic rings. The van der Waals surface area contributed by atoms with Gasteiger partial charge in [0, 0.05) is 11.3 Å². The Morgan fingerprint density at radius 1 is 1.12 bits per heavy atom. The van der Waals surface area contributed by atoms with Crippen LogP contribution < -0.4 is 11.1 Å². The van der Waals surface area contributed by atoms with Gasteiger partial charge >= 0.3 is 6.18 Å². The van der Waals surface area contributed by atoms with Gasteiger partial charge in [-0.25, -0.2) is 4.39 Å². The number of alkyl halides is 3. The predicted octanol–water partition coefficient (Wildman–Crippen LogP) is 3.51. The Morgan fingerprint density at radius 3 is 2.23 bits per heavy atom. The number of nitrogens with zero attached hydrogens (tertiary/aromatic N) is 1. The molecule has 0 radical (unpaired) electrons. The zero-order valence-electron chi connectivity index (χ0n) is 13.5. The van der Waals surface area contributed by atoms with Crippen LogP contribution in [0.2, 0.25) is 0 Å². The number of amidine groups is 1. The lowest BCUT2D eigenvalue weighted by Gasteiger charge is -2.12. The Balaban J connectivity index is 1.94. The minimum atomic E-state index is -4.45. The third kappa shape index (κ3) is 5.20. The fourth-order valence-corrected chi connectivity index (χ4v) is 1.84. The van der Waals surface area contributed by atoms with Crippen molar-refractivity contribution in [3.05, 3.63) is 65.5 Å². The molecule has 0 aromatic heterocycles. The number of rotatable bonds is 5. The van der Waals surface area contributed by atoms with Crippen LogP contribution >= 0.6 is 0 Å². The van der Waals surface area contributed by atoms with Crippen LogP contribution in [0.25, 0.3) is 0 Å². The Labute approximate surface area is 146 Å². The first kappa shape index (κ1) is 19.2. The van der Waals surface area contributed by atoms with E-state index in [1.807, 2.05) is 0 Å². The van der Waals surface area contributed by atoms with Crippen molar-refractivity contribution in [3.8, 4) is 0 Å².